The minimum absolute atomic E-state index is 0.00514. The second-order valence-electron chi connectivity index (χ2n) is 7.26. The number of aliphatic hydroxyl groups is 2. The lowest BCUT2D eigenvalue weighted by atomic mass is 9.73. The van der Waals surface area contributed by atoms with E-state index in [0.717, 1.165) is 18.9 Å². The van der Waals surface area contributed by atoms with Gasteiger partial charge in [-0.2, -0.15) is 0 Å². The first-order valence-corrected chi connectivity index (χ1v) is 8.32. The summed E-state index contributed by atoms with van der Waals surface area (Å²) < 4.78 is 0. The van der Waals surface area contributed by atoms with Crippen LogP contribution >= 0.6 is 0 Å². The first-order valence-electron chi connectivity index (χ1n) is 8.32. The second kappa shape index (κ2) is 8.46. The van der Waals surface area contributed by atoms with E-state index in [9.17, 15) is 15.0 Å². The highest BCUT2D eigenvalue weighted by atomic mass is 16.4. The zero-order valence-electron chi connectivity index (χ0n) is 14.6. The molecule has 0 aromatic carbocycles. The summed E-state index contributed by atoms with van der Waals surface area (Å²) in [5, 5.41) is 29.7. The highest BCUT2D eigenvalue weighted by Gasteiger charge is 2.37. The fraction of sp³-hybridized carbons (Fsp3) is 0.632. The van der Waals surface area contributed by atoms with Gasteiger partial charge in [0.1, 0.15) is 5.60 Å². The fourth-order valence-electron chi connectivity index (χ4n) is 3.41. The van der Waals surface area contributed by atoms with Crippen molar-refractivity contribution in [1.29, 1.82) is 0 Å². The number of hydrogen-bond donors (Lipinski definition) is 3. The van der Waals surface area contributed by atoms with Crippen LogP contribution in [0.5, 0.6) is 0 Å². The molecule has 4 atom stereocenters. The van der Waals surface area contributed by atoms with Crippen LogP contribution in [0.15, 0.2) is 36.0 Å². The number of carbonyl (C=O) groups is 1. The minimum atomic E-state index is -1.12. The van der Waals surface area contributed by atoms with Gasteiger partial charge in [0.25, 0.3) is 0 Å². The van der Waals surface area contributed by atoms with Gasteiger partial charge in [-0.15, -0.1) is 0 Å². The Bertz CT molecular complexity index is 490. The number of allylic oxidation sites excluding steroid dienone is 2. The van der Waals surface area contributed by atoms with Gasteiger partial charge in [0.05, 0.1) is 6.10 Å². The molecular formula is C19H30O4. The summed E-state index contributed by atoms with van der Waals surface area (Å²) in [6, 6.07) is 0. The van der Waals surface area contributed by atoms with Gasteiger partial charge in [-0.3, -0.25) is 0 Å². The average Bonchev–Trinajstić information content (AvgIpc) is 2.40. The summed E-state index contributed by atoms with van der Waals surface area (Å²) in [7, 11) is 0. The Kier molecular flexibility index (Phi) is 7.23. The Labute approximate surface area is 139 Å². The predicted octanol–water partition coefficient (Wildman–Crippen LogP) is 3.31. The summed E-state index contributed by atoms with van der Waals surface area (Å²) >= 11 is 0. The second-order valence-corrected chi connectivity index (χ2v) is 7.26. The maximum atomic E-state index is 10.8. The van der Waals surface area contributed by atoms with Gasteiger partial charge in [0, 0.05) is 6.08 Å². The molecule has 0 saturated carbocycles. The highest BCUT2D eigenvalue weighted by molar-refractivity contribution is 5.80. The lowest BCUT2D eigenvalue weighted by molar-refractivity contribution is -0.131. The maximum Gasteiger partial charge on any atom is 0.328 e. The summed E-state index contributed by atoms with van der Waals surface area (Å²) in [5.41, 5.74) is -0.415. The van der Waals surface area contributed by atoms with Crippen molar-refractivity contribution in [3.05, 3.63) is 36.0 Å². The quantitative estimate of drug-likeness (QED) is 0.382. The monoisotopic (exact) mass is 322 g/mol. The van der Waals surface area contributed by atoms with E-state index in [1.165, 1.54) is 6.08 Å². The number of carboxylic acid groups (broad SMARTS) is 1. The molecule has 1 aliphatic rings. The van der Waals surface area contributed by atoms with Crippen LogP contribution < -0.4 is 0 Å². The van der Waals surface area contributed by atoms with Crippen LogP contribution in [0.25, 0.3) is 0 Å². The highest BCUT2D eigenvalue weighted by Crippen LogP contribution is 2.37. The molecule has 4 heteroatoms. The third-order valence-corrected chi connectivity index (χ3v) is 4.46. The van der Waals surface area contributed by atoms with Gasteiger partial charge in [-0.1, -0.05) is 39.0 Å². The molecule has 0 fully saturated rings. The minimum Gasteiger partial charge on any atom is -0.478 e. The number of rotatable bonds is 7. The van der Waals surface area contributed by atoms with Gasteiger partial charge >= 0.3 is 5.97 Å². The van der Waals surface area contributed by atoms with Gasteiger partial charge < -0.3 is 15.3 Å². The molecule has 1 aliphatic carbocycles. The van der Waals surface area contributed by atoms with Gasteiger partial charge in [-0.05, 0) is 55.6 Å². The van der Waals surface area contributed by atoms with E-state index in [0.29, 0.717) is 23.8 Å². The first kappa shape index (κ1) is 19.7. The van der Waals surface area contributed by atoms with Crippen molar-refractivity contribution in [3.8, 4) is 0 Å². The largest absolute Gasteiger partial charge is 0.478 e. The molecule has 23 heavy (non-hydrogen) atoms. The molecule has 0 bridgehead atoms. The molecule has 0 aromatic rings. The molecule has 4 nitrogen and oxygen atoms in total. The summed E-state index contributed by atoms with van der Waals surface area (Å²) in [5.74, 6) is 0.0865. The van der Waals surface area contributed by atoms with E-state index in [1.807, 2.05) is 0 Å². The molecule has 0 unspecified atom stereocenters. The Morgan fingerprint density at radius 3 is 2.61 bits per heavy atom. The molecule has 0 spiro atoms. The van der Waals surface area contributed by atoms with Gasteiger partial charge in [0.15, 0.2) is 0 Å². The zero-order chi connectivity index (χ0) is 17.6. The summed E-state index contributed by atoms with van der Waals surface area (Å²) in [6.07, 6.45) is 9.20. The summed E-state index contributed by atoms with van der Waals surface area (Å²) in [4.78, 5) is 10.5. The van der Waals surface area contributed by atoms with Crippen LogP contribution in [0.1, 0.15) is 47.0 Å². The van der Waals surface area contributed by atoms with Crippen molar-refractivity contribution in [3.63, 3.8) is 0 Å². The van der Waals surface area contributed by atoms with Gasteiger partial charge in [0.2, 0.25) is 0 Å². The van der Waals surface area contributed by atoms with E-state index in [4.69, 9.17) is 5.11 Å². The van der Waals surface area contributed by atoms with Gasteiger partial charge in [-0.25, -0.2) is 4.79 Å². The van der Waals surface area contributed by atoms with Crippen molar-refractivity contribution in [2.75, 3.05) is 0 Å². The van der Waals surface area contributed by atoms with Crippen LogP contribution in [0.2, 0.25) is 0 Å². The van der Waals surface area contributed by atoms with Crippen molar-refractivity contribution in [2.45, 2.75) is 58.7 Å². The van der Waals surface area contributed by atoms with Crippen molar-refractivity contribution >= 4 is 5.97 Å². The zero-order valence-corrected chi connectivity index (χ0v) is 14.6. The Morgan fingerprint density at radius 2 is 2.04 bits per heavy atom. The SMILES string of the molecule is CC1=C[C@H](O)[C@@H](C[C@@H](C)CC(C)C)C[C@@]1(O)/C=C/C=C/C(=O)O. The van der Waals surface area contributed by atoms with Crippen LogP contribution in [-0.2, 0) is 4.79 Å². The van der Waals surface area contributed by atoms with Crippen molar-refractivity contribution < 1.29 is 20.1 Å². The van der Waals surface area contributed by atoms with Crippen LogP contribution in [0.3, 0.4) is 0 Å². The van der Waals surface area contributed by atoms with E-state index in [2.05, 4.69) is 20.8 Å². The average molecular weight is 322 g/mol. The topological polar surface area (TPSA) is 77.8 Å². The van der Waals surface area contributed by atoms with E-state index in [-0.39, 0.29) is 5.92 Å². The Morgan fingerprint density at radius 1 is 1.39 bits per heavy atom. The lowest BCUT2D eigenvalue weighted by Gasteiger charge is -2.38. The number of carboxylic acids is 1. The maximum absolute atomic E-state index is 10.8. The van der Waals surface area contributed by atoms with Crippen LogP contribution in [-0.4, -0.2) is 33.0 Å². The number of aliphatic hydroxyl groups excluding tert-OH is 1. The van der Waals surface area contributed by atoms with Crippen molar-refractivity contribution in [1.82, 2.24) is 0 Å². The molecule has 0 aliphatic heterocycles. The third kappa shape index (κ3) is 6.32. The standard InChI is InChI=1S/C19H30O4/c1-13(2)9-14(3)10-16-12-19(23,15(4)11-17(16)20)8-6-5-7-18(21)22/h5-8,11,13-14,16-17,20,23H,9-10,12H2,1-4H3,(H,21,22)/b7-5+,8-6+/t14-,16-,17-,19-/m0/s1. The first-order chi connectivity index (χ1) is 10.6. The molecule has 130 valence electrons. The van der Waals surface area contributed by atoms with Crippen LogP contribution in [0, 0.1) is 17.8 Å². The fourth-order valence-corrected chi connectivity index (χ4v) is 3.41. The normalized spacial score (nSPS) is 30.1. The van der Waals surface area contributed by atoms with E-state index < -0.39 is 17.7 Å². The molecule has 1 rings (SSSR count). The molecule has 0 radical (unpaired) electrons. The molecule has 0 saturated heterocycles. The third-order valence-electron chi connectivity index (χ3n) is 4.46. The van der Waals surface area contributed by atoms with E-state index >= 15 is 0 Å². The van der Waals surface area contributed by atoms with Crippen LogP contribution in [0.4, 0.5) is 0 Å². The smallest absolute Gasteiger partial charge is 0.328 e. The predicted molar refractivity (Wildman–Crippen MR) is 92.0 cm³/mol. The summed E-state index contributed by atoms with van der Waals surface area (Å²) in [6.45, 7) is 8.35. The molecule has 0 aromatic heterocycles. The Hall–Kier alpha value is -1.39. The number of aliphatic carboxylic acids is 1. The van der Waals surface area contributed by atoms with Crippen molar-refractivity contribution in [2.24, 2.45) is 17.8 Å². The van der Waals surface area contributed by atoms with E-state index in [1.54, 1.807) is 25.2 Å². The number of hydrogen-bond acceptors (Lipinski definition) is 3. The lowest BCUT2D eigenvalue weighted by Crippen LogP contribution is -2.40. The molecular weight excluding hydrogens is 292 g/mol. The molecule has 0 amide bonds. The Balaban J connectivity index is 2.81. The molecule has 0 heterocycles. The molecule has 3 N–H and O–H groups in total.